The van der Waals surface area contributed by atoms with E-state index in [1.54, 1.807) is 6.26 Å². The van der Waals surface area contributed by atoms with Crippen molar-refractivity contribution >= 4 is 5.91 Å². The minimum Gasteiger partial charge on any atom is -0.468 e. The second-order valence-electron chi connectivity index (χ2n) is 5.81. The molecular formula is C15H23N3O2. The first kappa shape index (κ1) is 13.6. The fourth-order valence-electron chi connectivity index (χ4n) is 2.60. The number of carbonyl (C=O) groups is 1. The zero-order chi connectivity index (χ0) is 13.8. The number of nitrogens with zero attached hydrogens (tertiary/aromatic N) is 2. The maximum Gasteiger partial charge on any atom is 0.236 e. The Balaban J connectivity index is 1.35. The lowest BCUT2D eigenvalue weighted by Crippen LogP contribution is -2.50. The van der Waals surface area contributed by atoms with Crippen LogP contribution in [0.2, 0.25) is 0 Å². The third-order valence-corrected chi connectivity index (χ3v) is 4.09. The van der Waals surface area contributed by atoms with Gasteiger partial charge in [0.2, 0.25) is 5.91 Å². The predicted octanol–water partition coefficient (Wildman–Crippen LogP) is 0.923. The van der Waals surface area contributed by atoms with Crippen molar-refractivity contribution in [2.45, 2.75) is 19.4 Å². The highest BCUT2D eigenvalue weighted by atomic mass is 16.3. The van der Waals surface area contributed by atoms with Crippen LogP contribution < -0.4 is 5.32 Å². The van der Waals surface area contributed by atoms with E-state index in [-0.39, 0.29) is 5.91 Å². The molecule has 1 aromatic rings. The van der Waals surface area contributed by atoms with E-state index >= 15 is 0 Å². The van der Waals surface area contributed by atoms with Crippen molar-refractivity contribution in [2.75, 3.05) is 39.3 Å². The number of piperazine rings is 1. The first-order valence-corrected chi connectivity index (χ1v) is 7.54. The van der Waals surface area contributed by atoms with E-state index in [0.29, 0.717) is 6.54 Å². The van der Waals surface area contributed by atoms with Crippen molar-refractivity contribution in [1.82, 2.24) is 15.1 Å². The number of nitrogens with one attached hydrogen (secondary N) is 1. The Morgan fingerprint density at radius 1 is 1.30 bits per heavy atom. The van der Waals surface area contributed by atoms with Crippen LogP contribution >= 0.6 is 0 Å². The van der Waals surface area contributed by atoms with Gasteiger partial charge in [0, 0.05) is 26.2 Å². The summed E-state index contributed by atoms with van der Waals surface area (Å²) in [5.41, 5.74) is 0. The molecule has 2 heterocycles. The van der Waals surface area contributed by atoms with Crippen LogP contribution in [0.3, 0.4) is 0 Å². The first-order chi connectivity index (χ1) is 9.81. The van der Waals surface area contributed by atoms with E-state index in [1.165, 1.54) is 12.8 Å². The summed E-state index contributed by atoms with van der Waals surface area (Å²) in [6.07, 6.45) is 4.36. The Bertz CT molecular complexity index is 420. The van der Waals surface area contributed by atoms with Crippen LogP contribution in [0, 0.1) is 5.92 Å². The van der Waals surface area contributed by atoms with Gasteiger partial charge in [-0.15, -0.1) is 0 Å². The SMILES string of the molecule is O=C(CNCC1CC1)N1CCN(Cc2ccco2)CC1. The third-order valence-electron chi connectivity index (χ3n) is 4.09. The van der Waals surface area contributed by atoms with Crippen LogP contribution in [0.15, 0.2) is 22.8 Å². The summed E-state index contributed by atoms with van der Waals surface area (Å²) in [4.78, 5) is 16.4. The van der Waals surface area contributed by atoms with Gasteiger partial charge in [-0.2, -0.15) is 0 Å². The molecular weight excluding hydrogens is 254 g/mol. The van der Waals surface area contributed by atoms with Gasteiger partial charge in [-0.05, 0) is 37.4 Å². The summed E-state index contributed by atoms with van der Waals surface area (Å²) in [5, 5.41) is 3.27. The van der Waals surface area contributed by atoms with Crippen molar-refractivity contribution < 1.29 is 9.21 Å². The summed E-state index contributed by atoms with van der Waals surface area (Å²) >= 11 is 0. The maximum absolute atomic E-state index is 12.1. The predicted molar refractivity (Wildman–Crippen MR) is 76.2 cm³/mol. The molecule has 0 radical (unpaired) electrons. The van der Waals surface area contributed by atoms with Gasteiger partial charge in [-0.25, -0.2) is 0 Å². The average molecular weight is 277 g/mol. The van der Waals surface area contributed by atoms with Crippen LogP contribution in [-0.2, 0) is 11.3 Å². The quantitative estimate of drug-likeness (QED) is 0.840. The lowest BCUT2D eigenvalue weighted by molar-refractivity contribution is -0.132. The average Bonchev–Trinajstić information content (AvgIpc) is 3.15. The van der Waals surface area contributed by atoms with E-state index < -0.39 is 0 Å². The van der Waals surface area contributed by atoms with E-state index in [9.17, 15) is 4.79 Å². The highest BCUT2D eigenvalue weighted by molar-refractivity contribution is 5.78. The molecule has 0 unspecified atom stereocenters. The number of hydrogen-bond donors (Lipinski definition) is 1. The summed E-state index contributed by atoms with van der Waals surface area (Å²) in [5.74, 6) is 2.06. The van der Waals surface area contributed by atoms with E-state index in [0.717, 1.165) is 50.9 Å². The summed E-state index contributed by atoms with van der Waals surface area (Å²) < 4.78 is 5.36. The number of carbonyl (C=O) groups excluding carboxylic acids is 1. The second-order valence-corrected chi connectivity index (χ2v) is 5.81. The standard InChI is InChI=1S/C15H23N3O2/c19-15(11-16-10-13-3-4-13)18-7-5-17(6-8-18)12-14-2-1-9-20-14/h1-2,9,13,16H,3-8,10-12H2. The summed E-state index contributed by atoms with van der Waals surface area (Å²) in [6.45, 7) is 5.84. The fraction of sp³-hybridized carbons (Fsp3) is 0.667. The lowest BCUT2D eigenvalue weighted by Gasteiger charge is -2.34. The Morgan fingerprint density at radius 3 is 2.75 bits per heavy atom. The number of hydrogen-bond acceptors (Lipinski definition) is 4. The molecule has 0 aromatic carbocycles. The van der Waals surface area contributed by atoms with E-state index in [4.69, 9.17) is 4.42 Å². The van der Waals surface area contributed by atoms with Gasteiger partial charge in [0.15, 0.2) is 0 Å². The molecule has 0 spiro atoms. The van der Waals surface area contributed by atoms with Crippen molar-refractivity contribution in [1.29, 1.82) is 0 Å². The topological polar surface area (TPSA) is 48.7 Å². The highest BCUT2D eigenvalue weighted by Gasteiger charge is 2.23. The molecule has 1 amide bonds. The molecule has 2 aliphatic rings. The molecule has 20 heavy (non-hydrogen) atoms. The monoisotopic (exact) mass is 277 g/mol. The summed E-state index contributed by atoms with van der Waals surface area (Å²) in [7, 11) is 0. The molecule has 1 aliphatic heterocycles. The van der Waals surface area contributed by atoms with Gasteiger partial charge >= 0.3 is 0 Å². The Kier molecular flexibility index (Phi) is 4.38. The minimum atomic E-state index is 0.239. The Morgan fingerprint density at radius 2 is 2.10 bits per heavy atom. The van der Waals surface area contributed by atoms with Crippen molar-refractivity contribution in [3.05, 3.63) is 24.2 Å². The van der Waals surface area contributed by atoms with Crippen LogP contribution in [0.25, 0.3) is 0 Å². The fourth-order valence-corrected chi connectivity index (χ4v) is 2.60. The first-order valence-electron chi connectivity index (χ1n) is 7.54. The van der Waals surface area contributed by atoms with Gasteiger partial charge in [-0.3, -0.25) is 9.69 Å². The van der Waals surface area contributed by atoms with Crippen LogP contribution in [0.5, 0.6) is 0 Å². The Labute approximate surface area is 119 Å². The maximum atomic E-state index is 12.1. The molecule has 5 nitrogen and oxygen atoms in total. The van der Waals surface area contributed by atoms with Crippen molar-refractivity contribution in [3.63, 3.8) is 0 Å². The van der Waals surface area contributed by atoms with Gasteiger partial charge in [-0.1, -0.05) is 0 Å². The molecule has 0 atom stereocenters. The zero-order valence-corrected chi connectivity index (χ0v) is 11.9. The molecule has 1 aromatic heterocycles. The van der Waals surface area contributed by atoms with Gasteiger partial charge in [0.05, 0.1) is 19.4 Å². The van der Waals surface area contributed by atoms with Crippen LogP contribution in [0.1, 0.15) is 18.6 Å². The molecule has 3 rings (SSSR count). The van der Waals surface area contributed by atoms with Gasteiger partial charge in [0.25, 0.3) is 0 Å². The molecule has 5 heteroatoms. The molecule has 1 aliphatic carbocycles. The normalized spacial score (nSPS) is 20.3. The van der Waals surface area contributed by atoms with E-state index in [2.05, 4.69) is 10.2 Å². The van der Waals surface area contributed by atoms with Gasteiger partial charge in [0.1, 0.15) is 5.76 Å². The number of furan rings is 1. The lowest BCUT2D eigenvalue weighted by atomic mass is 10.3. The molecule has 1 saturated carbocycles. The van der Waals surface area contributed by atoms with E-state index in [1.807, 2.05) is 17.0 Å². The zero-order valence-electron chi connectivity index (χ0n) is 11.9. The number of amides is 1. The second kappa shape index (κ2) is 6.41. The third kappa shape index (κ3) is 3.84. The van der Waals surface area contributed by atoms with Crippen molar-refractivity contribution in [3.8, 4) is 0 Å². The Hall–Kier alpha value is -1.33. The molecule has 0 bridgehead atoms. The largest absolute Gasteiger partial charge is 0.468 e. The number of rotatable bonds is 6. The summed E-state index contributed by atoms with van der Waals surface area (Å²) in [6, 6.07) is 3.92. The molecule has 1 N–H and O–H groups in total. The smallest absolute Gasteiger partial charge is 0.236 e. The van der Waals surface area contributed by atoms with Crippen LogP contribution in [0.4, 0.5) is 0 Å². The van der Waals surface area contributed by atoms with Gasteiger partial charge < -0.3 is 14.6 Å². The highest BCUT2D eigenvalue weighted by Crippen LogP contribution is 2.27. The molecule has 1 saturated heterocycles. The minimum absolute atomic E-state index is 0.239. The van der Waals surface area contributed by atoms with Crippen LogP contribution in [-0.4, -0.2) is 55.0 Å². The van der Waals surface area contributed by atoms with Crippen molar-refractivity contribution in [2.24, 2.45) is 5.92 Å². The molecule has 2 fully saturated rings. The molecule has 110 valence electrons.